The number of fused-ring (bicyclic) bond motifs is 5. The smallest absolute Gasteiger partial charge is 0.160 e. The highest BCUT2D eigenvalue weighted by Crippen LogP contribution is 2.58. The molecule has 0 aliphatic heterocycles. The molecule has 0 amide bonds. The molecule has 0 spiro atoms. The lowest BCUT2D eigenvalue weighted by molar-refractivity contribution is 0.770. The summed E-state index contributed by atoms with van der Waals surface area (Å²) in [7, 11) is 0. The quantitative estimate of drug-likeness (QED) is 0.160. The Hall–Kier alpha value is -8.20. The van der Waals surface area contributed by atoms with Gasteiger partial charge in [-0.1, -0.05) is 224 Å². The number of rotatable bonds is 7. The summed E-state index contributed by atoms with van der Waals surface area (Å²) in [6, 6.07) is 87.9. The van der Waals surface area contributed by atoms with E-state index < -0.39 is 5.41 Å². The molecule has 0 radical (unpaired) electrons. The molecule has 63 heavy (non-hydrogen) atoms. The predicted octanol–water partition coefficient (Wildman–Crippen LogP) is 15.5. The molecule has 2 nitrogen and oxygen atoms in total. The fourth-order valence-corrected chi connectivity index (χ4v) is 10.2. The highest BCUT2D eigenvalue weighted by molar-refractivity contribution is 6.05. The van der Waals surface area contributed by atoms with Gasteiger partial charge in [0, 0.05) is 16.7 Å². The van der Waals surface area contributed by atoms with Gasteiger partial charge in [-0.3, -0.25) is 0 Å². The van der Waals surface area contributed by atoms with E-state index in [4.69, 9.17) is 9.97 Å². The molecule has 0 saturated heterocycles. The molecule has 294 valence electrons. The SMILES string of the molecule is c1ccc(-c2nc(-c3ccc4ccccc4c3)cc(-c3ccc(-c4cccc(-c5cccc6c5C(c5ccccc5)(c5ccccc5)c5ccccc5-6)c4)c4ccccc34)n2)cc1. The third kappa shape index (κ3) is 6.02. The number of aromatic nitrogens is 2. The third-order valence-electron chi connectivity index (χ3n) is 13.0. The highest BCUT2D eigenvalue weighted by atomic mass is 14.9. The fraction of sp³-hybridized carbons (Fsp3) is 0.0164. The Morgan fingerprint density at radius 2 is 0.825 bits per heavy atom. The average molecular weight is 801 g/mol. The molecule has 0 bridgehead atoms. The van der Waals surface area contributed by atoms with Crippen molar-refractivity contribution in [2.24, 2.45) is 0 Å². The summed E-state index contributed by atoms with van der Waals surface area (Å²) in [5.41, 5.74) is 16.9. The van der Waals surface area contributed by atoms with Crippen molar-refractivity contribution in [2.75, 3.05) is 0 Å². The van der Waals surface area contributed by atoms with Crippen molar-refractivity contribution in [3.05, 3.63) is 265 Å². The van der Waals surface area contributed by atoms with Crippen LogP contribution >= 0.6 is 0 Å². The molecule has 2 heteroatoms. The van der Waals surface area contributed by atoms with Gasteiger partial charge in [-0.15, -0.1) is 0 Å². The normalized spacial score (nSPS) is 12.6. The summed E-state index contributed by atoms with van der Waals surface area (Å²) >= 11 is 0. The van der Waals surface area contributed by atoms with Crippen molar-refractivity contribution in [2.45, 2.75) is 5.41 Å². The lowest BCUT2D eigenvalue weighted by Gasteiger charge is -2.35. The Balaban J connectivity index is 1.03. The van der Waals surface area contributed by atoms with Crippen LogP contribution in [-0.2, 0) is 5.41 Å². The number of benzene rings is 10. The number of nitrogens with zero attached hydrogens (tertiary/aromatic N) is 2. The van der Waals surface area contributed by atoms with Crippen LogP contribution in [0.15, 0.2) is 243 Å². The molecule has 1 heterocycles. The van der Waals surface area contributed by atoms with Gasteiger partial charge in [-0.05, 0) is 95.4 Å². The minimum Gasteiger partial charge on any atom is -0.228 e. The molecular formula is C61H40N2. The second-order valence-electron chi connectivity index (χ2n) is 16.4. The molecule has 1 aliphatic rings. The zero-order chi connectivity index (χ0) is 41.7. The first kappa shape index (κ1) is 36.6. The minimum absolute atomic E-state index is 0.503. The maximum absolute atomic E-state index is 5.27. The molecule has 12 rings (SSSR count). The van der Waals surface area contributed by atoms with E-state index in [2.05, 4.69) is 224 Å². The minimum atomic E-state index is -0.503. The molecular weight excluding hydrogens is 761 g/mol. The Labute approximate surface area is 367 Å². The van der Waals surface area contributed by atoms with Crippen LogP contribution in [0.25, 0.3) is 88.8 Å². The van der Waals surface area contributed by atoms with Gasteiger partial charge in [0.1, 0.15) is 0 Å². The van der Waals surface area contributed by atoms with Crippen LogP contribution in [0.2, 0.25) is 0 Å². The molecule has 0 N–H and O–H groups in total. The first-order valence-corrected chi connectivity index (χ1v) is 21.6. The summed E-state index contributed by atoms with van der Waals surface area (Å²) in [5, 5.41) is 4.71. The van der Waals surface area contributed by atoms with Gasteiger partial charge >= 0.3 is 0 Å². The molecule has 1 aliphatic carbocycles. The number of hydrogen-bond donors (Lipinski definition) is 0. The standard InChI is InChI=1S/C61H40N2/c1-4-19-42(20-5-1)60-62-57(46-35-34-41-18-10-11-21-43(41)38-46)40-58(63-60)54-37-36-49(51-28-12-13-29-52(51)54)44-22-16-23-45(39-44)50-31-17-32-55-53-30-14-15-33-56(53)61(59(50)55,47-24-6-2-7-25-47)48-26-8-3-9-27-48/h1-40H. The second kappa shape index (κ2) is 15.1. The van der Waals surface area contributed by atoms with Gasteiger partial charge in [0.15, 0.2) is 5.82 Å². The Kier molecular flexibility index (Phi) is 8.76. The van der Waals surface area contributed by atoms with E-state index in [9.17, 15) is 0 Å². The van der Waals surface area contributed by atoms with Crippen molar-refractivity contribution in [1.82, 2.24) is 9.97 Å². The van der Waals surface area contributed by atoms with E-state index in [0.29, 0.717) is 5.82 Å². The molecule has 0 atom stereocenters. The van der Waals surface area contributed by atoms with E-state index in [1.165, 1.54) is 66.2 Å². The summed E-state index contributed by atoms with van der Waals surface area (Å²) in [6.07, 6.45) is 0. The van der Waals surface area contributed by atoms with Crippen molar-refractivity contribution in [3.8, 4) is 67.3 Å². The molecule has 10 aromatic carbocycles. The highest BCUT2D eigenvalue weighted by Gasteiger charge is 2.47. The Morgan fingerprint density at radius 1 is 0.286 bits per heavy atom. The monoisotopic (exact) mass is 800 g/mol. The first-order chi connectivity index (χ1) is 31.2. The topological polar surface area (TPSA) is 25.8 Å². The second-order valence-corrected chi connectivity index (χ2v) is 16.4. The molecule has 11 aromatic rings. The lowest BCUT2D eigenvalue weighted by atomic mass is 9.66. The maximum atomic E-state index is 5.27. The molecule has 0 unspecified atom stereocenters. The van der Waals surface area contributed by atoms with Crippen LogP contribution < -0.4 is 0 Å². The van der Waals surface area contributed by atoms with E-state index in [0.717, 1.165) is 39.0 Å². The van der Waals surface area contributed by atoms with Crippen molar-refractivity contribution in [3.63, 3.8) is 0 Å². The van der Waals surface area contributed by atoms with Crippen LogP contribution in [0, 0.1) is 0 Å². The van der Waals surface area contributed by atoms with E-state index in [-0.39, 0.29) is 0 Å². The maximum Gasteiger partial charge on any atom is 0.160 e. The van der Waals surface area contributed by atoms with E-state index in [1.807, 2.05) is 18.2 Å². The Morgan fingerprint density at radius 3 is 1.59 bits per heavy atom. The van der Waals surface area contributed by atoms with Gasteiger partial charge in [0.05, 0.1) is 16.8 Å². The number of hydrogen-bond acceptors (Lipinski definition) is 2. The van der Waals surface area contributed by atoms with Crippen LogP contribution in [0.1, 0.15) is 22.3 Å². The van der Waals surface area contributed by atoms with Gasteiger partial charge in [0.2, 0.25) is 0 Å². The fourth-order valence-electron chi connectivity index (χ4n) is 10.2. The summed E-state index contributed by atoms with van der Waals surface area (Å²) in [5.74, 6) is 0.705. The third-order valence-corrected chi connectivity index (χ3v) is 13.0. The van der Waals surface area contributed by atoms with Crippen molar-refractivity contribution in [1.29, 1.82) is 0 Å². The van der Waals surface area contributed by atoms with Gasteiger partial charge in [0.25, 0.3) is 0 Å². The van der Waals surface area contributed by atoms with Crippen LogP contribution in [-0.4, -0.2) is 9.97 Å². The molecule has 1 aromatic heterocycles. The van der Waals surface area contributed by atoms with Crippen molar-refractivity contribution < 1.29 is 0 Å². The first-order valence-electron chi connectivity index (χ1n) is 21.6. The lowest BCUT2D eigenvalue weighted by Crippen LogP contribution is -2.29. The zero-order valence-corrected chi connectivity index (χ0v) is 34.5. The predicted molar refractivity (Wildman–Crippen MR) is 262 cm³/mol. The van der Waals surface area contributed by atoms with E-state index in [1.54, 1.807) is 0 Å². The zero-order valence-electron chi connectivity index (χ0n) is 34.5. The summed E-state index contributed by atoms with van der Waals surface area (Å²) in [4.78, 5) is 10.4. The Bertz CT molecular complexity index is 3460. The van der Waals surface area contributed by atoms with Crippen molar-refractivity contribution >= 4 is 21.5 Å². The van der Waals surface area contributed by atoms with Gasteiger partial charge < -0.3 is 0 Å². The summed E-state index contributed by atoms with van der Waals surface area (Å²) < 4.78 is 0. The van der Waals surface area contributed by atoms with Crippen LogP contribution in [0.3, 0.4) is 0 Å². The van der Waals surface area contributed by atoms with Gasteiger partial charge in [-0.2, -0.15) is 0 Å². The molecule has 0 saturated carbocycles. The van der Waals surface area contributed by atoms with E-state index >= 15 is 0 Å². The largest absolute Gasteiger partial charge is 0.228 e. The summed E-state index contributed by atoms with van der Waals surface area (Å²) in [6.45, 7) is 0. The van der Waals surface area contributed by atoms with Crippen LogP contribution in [0.4, 0.5) is 0 Å². The van der Waals surface area contributed by atoms with Gasteiger partial charge in [-0.25, -0.2) is 9.97 Å². The molecule has 0 fully saturated rings. The van der Waals surface area contributed by atoms with Crippen LogP contribution in [0.5, 0.6) is 0 Å². The average Bonchev–Trinajstić information content (AvgIpc) is 3.68.